The van der Waals surface area contributed by atoms with Gasteiger partial charge in [0.05, 0.1) is 21.5 Å². The SMILES string of the molecule is Cc1ccc2cnccc2c1NC(=O)c1csc2c(N)ncnc12. The molecule has 0 aliphatic rings. The van der Waals surface area contributed by atoms with Crippen molar-refractivity contribution in [3.05, 3.63) is 53.4 Å². The van der Waals surface area contributed by atoms with Gasteiger partial charge in [0.25, 0.3) is 5.91 Å². The molecule has 3 heterocycles. The molecule has 0 aliphatic carbocycles. The average Bonchev–Trinajstić information content (AvgIpc) is 3.03. The third kappa shape index (κ3) is 2.26. The molecule has 3 aromatic heterocycles. The fraction of sp³-hybridized carbons (Fsp3) is 0.0588. The van der Waals surface area contributed by atoms with Gasteiger partial charge in [0.1, 0.15) is 12.1 Å². The van der Waals surface area contributed by atoms with Crippen LogP contribution in [0.4, 0.5) is 11.5 Å². The van der Waals surface area contributed by atoms with E-state index in [-0.39, 0.29) is 5.91 Å². The van der Waals surface area contributed by atoms with Crippen molar-refractivity contribution in [2.75, 3.05) is 11.1 Å². The van der Waals surface area contributed by atoms with E-state index in [0.717, 1.165) is 26.7 Å². The van der Waals surface area contributed by atoms with Gasteiger partial charge in [0.2, 0.25) is 0 Å². The largest absolute Gasteiger partial charge is 0.382 e. The molecule has 0 atom stereocenters. The standard InChI is InChI=1S/C17H13N5OS/c1-9-2-3-10-6-19-5-4-11(10)13(9)22-17(23)12-7-24-15-14(12)20-8-21-16(15)18/h2-8H,1H3,(H,22,23)(H2,18,20,21). The number of thiophene rings is 1. The van der Waals surface area contributed by atoms with Gasteiger partial charge in [0, 0.05) is 28.5 Å². The Morgan fingerprint density at radius 3 is 3.00 bits per heavy atom. The Labute approximate surface area is 141 Å². The predicted octanol–water partition coefficient (Wildman–Crippen LogP) is 3.38. The van der Waals surface area contributed by atoms with E-state index in [1.807, 2.05) is 25.1 Å². The number of carbonyl (C=O) groups excluding carboxylic acids is 1. The van der Waals surface area contributed by atoms with Crippen molar-refractivity contribution in [3.8, 4) is 0 Å². The highest BCUT2D eigenvalue weighted by Crippen LogP contribution is 2.30. The molecular weight excluding hydrogens is 322 g/mol. The van der Waals surface area contributed by atoms with Crippen LogP contribution in [0.5, 0.6) is 0 Å². The fourth-order valence-electron chi connectivity index (χ4n) is 2.65. The van der Waals surface area contributed by atoms with Crippen LogP contribution in [0.3, 0.4) is 0 Å². The first-order valence-electron chi connectivity index (χ1n) is 7.27. The van der Waals surface area contributed by atoms with Crippen molar-refractivity contribution in [2.24, 2.45) is 0 Å². The van der Waals surface area contributed by atoms with Gasteiger partial charge in [-0.25, -0.2) is 9.97 Å². The number of nitrogen functional groups attached to an aromatic ring is 1. The lowest BCUT2D eigenvalue weighted by Crippen LogP contribution is -2.13. The third-order valence-electron chi connectivity index (χ3n) is 3.89. The van der Waals surface area contributed by atoms with E-state index in [9.17, 15) is 4.79 Å². The normalized spacial score (nSPS) is 11.0. The van der Waals surface area contributed by atoms with Gasteiger partial charge in [-0.1, -0.05) is 12.1 Å². The number of hydrogen-bond donors (Lipinski definition) is 2. The van der Waals surface area contributed by atoms with Gasteiger partial charge < -0.3 is 11.1 Å². The highest BCUT2D eigenvalue weighted by molar-refractivity contribution is 7.18. The number of hydrogen-bond acceptors (Lipinski definition) is 6. The van der Waals surface area contributed by atoms with Gasteiger partial charge in [-0.05, 0) is 18.6 Å². The number of nitrogens with two attached hydrogens (primary N) is 1. The molecule has 0 fully saturated rings. The van der Waals surface area contributed by atoms with Crippen molar-refractivity contribution in [2.45, 2.75) is 6.92 Å². The van der Waals surface area contributed by atoms with Gasteiger partial charge in [-0.2, -0.15) is 0 Å². The van der Waals surface area contributed by atoms with Gasteiger partial charge >= 0.3 is 0 Å². The van der Waals surface area contributed by atoms with Crippen molar-refractivity contribution in [1.29, 1.82) is 0 Å². The molecule has 0 unspecified atom stereocenters. The van der Waals surface area contributed by atoms with E-state index in [2.05, 4.69) is 20.3 Å². The molecule has 0 bridgehead atoms. The summed E-state index contributed by atoms with van der Waals surface area (Å²) in [6, 6.07) is 5.84. The molecular formula is C17H13N5OS. The molecule has 7 heteroatoms. The Hall–Kier alpha value is -3.06. The number of benzene rings is 1. The Balaban J connectivity index is 1.79. The Bertz CT molecular complexity index is 1090. The number of aromatic nitrogens is 3. The van der Waals surface area contributed by atoms with Crippen LogP contribution in [-0.4, -0.2) is 20.9 Å². The summed E-state index contributed by atoms with van der Waals surface area (Å²) in [5, 5.41) is 6.69. The smallest absolute Gasteiger partial charge is 0.258 e. The highest BCUT2D eigenvalue weighted by atomic mass is 32.1. The monoisotopic (exact) mass is 335 g/mol. The zero-order chi connectivity index (χ0) is 16.7. The zero-order valence-corrected chi connectivity index (χ0v) is 13.6. The molecule has 0 radical (unpaired) electrons. The predicted molar refractivity (Wildman–Crippen MR) is 96.3 cm³/mol. The second kappa shape index (κ2) is 5.54. The lowest BCUT2D eigenvalue weighted by molar-refractivity contribution is 0.102. The van der Waals surface area contributed by atoms with Crippen molar-refractivity contribution in [1.82, 2.24) is 15.0 Å². The lowest BCUT2D eigenvalue weighted by Gasteiger charge is -2.11. The summed E-state index contributed by atoms with van der Waals surface area (Å²) >= 11 is 1.37. The zero-order valence-electron chi connectivity index (χ0n) is 12.8. The molecule has 1 amide bonds. The van der Waals surface area contributed by atoms with Crippen molar-refractivity contribution < 1.29 is 4.79 Å². The summed E-state index contributed by atoms with van der Waals surface area (Å²) in [7, 11) is 0. The highest BCUT2D eigenvalue weighted by Gasteiger charge is 2.17. The number of rotatable bonds is 2. The molecule has 3 N–H and O–H groups in total. The number of nitrogens with zero attached hydrogens (tertiary/aromatic N) is 3. The lowest BCUT2D eigenvalue weighted by atomic mass is 10.1. The third-order valence-corrected chi connectivity index (χ3v) is 4.88. The molecule has 6 nitrogen and oxygen atoms in total. The molecule has 118 valence electrons. The number of carbonyl (C=O) groups is 1. The maximum atomic E-state index is 12.8. The van der Waals surface area contributed by atoms with Gasteiger partial charge in [0.15, 0.2) is 0 Å². The second-order valence-corrected chi connectivity index (χ2v) is 6.27. The number of aryl methyl sites for hydroxylation is 1. The van der Waals surface area contributed by atoms with Crippen LogP contribution >= 0.6 is 11.3 Å². The summed E-state index contributed by atoms with van der Waals surface area (Å²) in [5.41, 5.74) is 8.67. The van der Waals surface area contributed by atoms with E-state index in [0.29, 0.717) is 16.9 Å². The number of amides is 1. The van der Waals surface area contributed by atoms with E-state index in [1.54, 1.807) is 17.8 Å². The molecule has 0 spiro atoms. The first-order valence-corrected chi connectivity index (χ1v) is 8.15. The Morgan fingerprint density at radius 1 is 1.25 bits per heavy atom. The van der Waals surface area contributed by atoms with Crippen LogP contribution in [0, 0.1) is 6.92 Å². The van der Waals surface area contributed by atoms with E-state index >= 15 is 0 Å². The summed E-state index contributed by atoms with van der Waals surface area (Å²) in [5.74, 6) is 0.170. The fourth-order valence-corrected chi connectivity index (χ4v) is 3.56. The van der Waals surface area contributed by atoms with Gasteiger partial charge in [-0.15, -0.1) is 11.3 Å². The minimum absolute atomic E-state index is 0.216. The number of anilines is 2. The van der Waals surface area contributed by atoms with Crippen LogP contribution in [-0.2, 0) is 0 Å². The van der Waals surface area contributed by atoms with Crippen LogP contribution in [0.1, 0.15) is 15.9 Å². The van der Waals surface area contributed by atoms with E-state index in [4.69, 9.17) is 5.73 Å². The quantitative estimate of drug-likeness (QED) is 0.585. The van der Waals surface area contributed by atoms with Crippen molar-refractivity contribution >= 4 is 49.7 Å². The Morgan fingerprint density at radius 2 is 2.12 bits per heavy atom. The van der Waals surface area contributed by atoms with Crippen LogP contribution in [0.15, 0.2) is 42.3 Å². The van der Waals surface area contributed by atoms with Crippen LogP contribution in [0.25, 0.3) is 21.0 Å². The maximum absolute atomic E-state index is 12.8. The summed E-state index contributed by atoms with van der Waals surface area (Å²) in [4.78, 5) is 25.1. The Kier molecular flexibility index (Phi) is 3.35. The van der Waals surface area contributed by atoms with Crippen LogP contribution in [0.2, 0.25) is 0 Å². The maximum Gasteiger partial charge on any atom is 0.258 e. The molecule has 0 saturated heterocycles. The van der Waals surface area contributed by atoms with Crippen LogP contribution < -0.4 is 11.1 Å². The number of nitrogens with one attached hydrogen (secondary N) is 1. The number of pyridine rings is 1. The minimum atomic E-state index is -0.216. The molecule has 0 saturated carbocycles. The average molecular weight is 335 g/mol. The summed E-state index contributed by atoms with van der Waals surface area (Å²) in [6.45, 7) is 1.96. The molecule has 24 heavy (non-hydrogen) atoms. The molecule has 1 aromatic carbocycles. The summed E-state index contributed by atoms with van der Waals surface area (Å²) < 4.78 is 0.724. The van der Waals surface area contributed by atoms with Crippen molar-refractivity contribution in [3.63, 3.8) is 0 Å². The first-order chi connectivity index (χ1) is 11.6. The minimum Gasteiger partial charge on any atom is -0.382 e. The molecule has 4 aromatic rings. The summed E-state index contributed by atoms with van der Waals surface area (Å²) in [6.07, 6.45) is 4.86. The topological polar surface area (TPSA) is 93.8 Å². The molecule has 4 rings (SSSR count). The second-order valence-electron chi connectivity index (χ2n) is 5.39. The number of fused-ring (bicyclic) bond motifs is 2. The molecule has 0 aliphatic heterocycles. The first kappa shape index (κ1) is 14.5. The van der Waals surface area contributed by atoms with E-state index < -0.39 is 0 Å². The van der Waals surface area contributed by atoms with E-state index in [1.165, 1.54) is 17.7 Å². The van der Waals surface area contributed by atoms with Gasteiger partial charge in [-0.3, -0.25) is 9.78 Å².